The predicted molar refractivity (Wildman–Crippen MR) is 92.9 cm³/mol. The van der Waals surface area contributed by atoms with Crippen LogP contribution in [-0.2, 0) is 20.9 Å². The highest BCUT2D eigenvalue weighted by atomic mass is 19.2. The molecule has 4 rings (SSSR count). The van der Waals surface area contributed by atoms with Crippen LogP contribution in [0.4, 0.5) is 8.78 Å². The van der Waals surface area contributed by atoms with E-state index in [0.29, 0.717) is 13.2 Å². The van der Waals surface area contributed by atoms with Crippen LogP contribution in [0, 0.1) is 23.5 Å². The first-order valence-corrected chi connectivity index (χ1v) is 9.18. The van der Waals surface area contributed by atoms with E-state index in [-0.39, 0.29) is 30.3 Å². The van der Waals surface area contributed by atoms with Gasteiger partial charge in [0.1, 0.15) is 0 Å². The number of likely N-dealkylation sites (tertiary alicyclic amines) is 2. The highest BCUT2D eigenvalue weighted by molar-refractivity contribution is 5.80. The smallest absolute Gasteiger partial charge is 0.290 e. The zero-order valence-corrected chi connectivity index (χ0v) is 15.0. The van der Waals surface area contributed by atoms with Crippen LogP contribution in [0.2, 0.25) is 0 Å². The first kappa shape index (κ1) is 19.7. The van der Waals surface area contributed by atoms with Crippen molar-refractivity contribution in [2.45, 2.75) is 25.5 Å². The molecule has 1 amide bonds. The summed E-state index contributed by atoms with van der Waals surface area (Å²) < 4.78 is 32.3. The second-order valence-corrected chi connectivity index (χ2v) is 7.22. The molecule has 0 unspecified atom stereocenters. The van der Waals surface area contributed by atoms with Crippen molar-refractivity contribution in [3.8, 4) is 0 Å². The largest absolute Gasteiger partial charge is 0.483 e. The average Bonchev–Trinajstić information content (AvgIpc) is 3.35. The van der Waals surface area contributed by atoms with Crippen molar-refractivity contribution >= 4 is 12.4 Å². The molecule has 3 fully saturated rings. The van der Waals surface area contributed by atoms with E-state index in [9.17, 15) is 13.6 Å². The van der Waals surface area contributed by atoms with Gasteiger partial charge in [-0.1, -0.05) is 6.07 Å². The number of rotatable bonds is 3. The van der Waals surface area contributed by atoms with E-state index >= 15 is 0 Å². The first-order valence-electron chi connectivity index (χ1n) is 9.18. The molecular formula is C19H24F2N2O4. The Kier molecular flexibility index (Phi) is 6.38. The number of carboxylic acid groups (broad SMARTS) is 1. The molecule has 27 heavy (non-hydrogen) atoms. The van der Waals surface area contributed by atoms with Crippen LogP contribution in [-0.4, -0.2) is 66.2 Å². The SMILES string of the molecule is O=C([C@H]1CO[C@@H]2CN(Cc3ccc(F)c(F)c3)C[C@H]12)N1CCCC1.O=CO. The zero-order valence-electron chi connectivity index (χ0n) is 15.0. The maximum absolute atomic E-state index is 13.4. The number of carbonyl (C=O) groups is 2. The van der Waals surface area contributed by atoms with Gasteiger partial charge in [-0.2, -0.15) is 0 Å². The molecule has 0 aromatic heterocycles. The molecule has 6 nitrogen and oxygen atoms in total. The summed E-state index contributed by atoms with van der Waals surface area (Å²) in [5, 5.41) is 6.89. The fourth-order valence-corrected chi connectivity index (χ4v) is 4.25. The van der Waals surface area contributed by atoms with Gasteiger partial charge in [0.05, 0.1) is 18.6 Å². The Bertz CT molecular complexity index is 682. The molecule has 3 heterocycles. The summed E-state index contributed by atoms with van der Waals surface area (Å²) in [6.07, 6.45) is 2.26. The normalized spacial score (nSPS) is 27.2. The lowest BCUT2D eigenvalue weighted by Gasteiger charge is -2.23. The van der Waals surface area contributed by atoms with Gasteiger partial charge in [-0.05, 0) is 30.5 Å². The number of fused-ring (bicyclic) bond motifs is 1. The van der Waals surface area contributed by atoms with Gasteiger partial charge in [-0.15, -0.1) is 0 Å². The number of benzene rings is 1. The number of hydrogen-bond acceptors (Lipinski definition) is 4. The molecule has 3 aliphatic heterocycles. The Hall–Kier alpha value is -2.06. The Morgan fingerprint density at radius 2 is 1.93 bits per heavy atom. The molecular weight excluding hydrogens is 358 g/mol. The predicted octanol–water partition coefficient (Wildman–Crippen LogP) is 1.73. The quantitative estimate of drug-likeness (QED) is 0.807. The van der Waals surface area contributed by atoms with E-state index in [1.54, 1.807) is 6.07 Å². The van der Waals surface area contributed by atoms with Gasteiger partial charge in [0.2, 0.25) is 5.91 Å². The maximum atomic E-state index is 13.4. The summed E-state index contributed by atoms with van der Waals surface area (Å²) in [5.41, 5.74) is 0.747. The van der Waals surface area contributed by atoms with Crippen molar-refractivity contribution in [2.75, 3.05) is 32.8 Å². The molecule has 0 saturated carbocycles. The molecule has 8 heteroatoms. The fourth-order valence-electron chi connectivity index (χ4n) is 4.25. The van der Waals surface area contributed by atoms with Crippen LogP contribution < -0.4 is 0 Å². The number of hydrogen-bond donors (Lipinski definition) is 1. The average molecular weight is 382 g/mol. The van der Waals surface area contributed by atoms with Gasteiger partial charge in [-0.25, -0.2) is 8.78 Å². The minimum Gasteiger partial charge on any atom is -0.483 e. The van der Waals surface area contributed by atoms with Crippen molar-refractivity contribution in [2.24, 2.45) is 11.8 Å². The Morgan fingerprint density at radius 3 is 2.59 bits per heavy atom. The summed E-state index contributed by atoms with van der Waals surface area (Å²) in [5.74, 6) is -1.25. The van der Waals surface area contributed by atoms with Crippen LogP contribution >= 0.6 is 0 Å². The minimum absolute atomic E-state index is 0.0527. The molecule has 1 N–H and O–H groups in total. The minimum atomic E-state index is -0.823. The molecule has 0 aliphatic carbocycles. The summed E-state index contributed by atoms with van der Waals surface area (Å²) in [4.78, 5) is 25.2. The van der Waals surface area contributed by atoms with Crippen LogP contribution in [0.25, 0.3) is 0 Å². The van der Waals surface area contributed by atoms with Crippen molar-refractivity contribution in [3.63, 3.8) is 0 Å². The second-order valence-electron chi connectivity index (χ2n) is 7.22. The van der Waals surface area contributed by atoms with Crippen molar-refractivity contribution < 1.29 is 28.2 Å². The van der Waals surface area contributed by atoms with E-state index in [0.717, 1.165) is 50.7 Å². The Balaban J connectivity index is 0.000000659. The molecule has 0 bridgehead atoms. The molecule has 3 atom stereocenters. The molecule has 0 radical (unpaired) electrons. The van der Waals surface area contributed by atoms with Crippen LogP contribution in [0.15, 0.2) is 18.2 Å². The molecule has 148 valence electrons. The van der Waals surface area contributed by atoms with E-state index in [1.807, 2.05) is 4.90 Å². The zero-order chi connectivity index (χ0) is 19.4. The highest BCUT2D eigenvalue weighted by Crippen LogP contribution is 2.36. The van der Waals surface area contributed by atoms with Crippen LogP contribution in [0.1, 0.15) is 18.4 Å². The first-order chi connectivity index (χ1) is 13.0. The second kappa shape index (κ2) is 8.75. The number of amides is 1. The third-order valence-electron chi connectivity index (χ3n) is 5.52. The molecule has 3 aliphatic rings. The van der Waals surface area contributed by atoms with Gasteiger partial charge in [-0.3, -0.25) is 14.5 Å². The standard InChI is InChI=1S/C18H22F2N2O2.CH2O2/c19-15-4-3-12(7-16(15)20)8-21-9-13-14(11-24-17(13)10-21)18(23)22-5-1-2-6-22;2-1-3/h3-4,7,13-14,17H,1-2,5-6,8-11H2;1H,(H,2,3)/t13-,14+,17-;/m1./s1. The van der Waals surface area contributed by atoms with E-state index in [2.05, 4.69) is 4.90 Å². The lowest BCUT2D eigenvalue weighted by molar-refractivity contribution is -0.135. The van der Waals surface area contributed by atoms with E-state index in [1.165, 1.54) is 6.07 Å². The van der Waals surface area contributed by atoms with Gasteiger partial charge in [0.15, 0.2) is 11.6 Å². The number of halogens is 2. The maximum Gasteiger partial charge on any atom is 0.290 e. The van der Waals surface area contributed by atoms with Crippen molar-refractivity contribution in [1.82, 2.24) is 9.80 Å². The highest BCUT2D eigenvalue weighted by Gasteiger charge is 2.47. The summed E-state index contributed by atoms with van der Waals surface area (Å²) in [7, 11) is 0. The number of carbonyl (C=O) groups excluding carboxylic acids is 1. The van der Waals surface area contributed by atoms with Crippen LogP contribution in [0.3, 0.4) is 0 Å². The molecule has 1 aromatic carbocycles. The fraction of sp³-hybridized carbons (Fsp3) is 0.579. The topological polar surface area (TPSA) is 70.1 Å². The summed E-state index contributed by atoms with van der Waals surface area (Å²) in [6, 6.07) is 4.02. The van der Waals surface area contributed by atoms with Gasteiger partial charge in [0, 0.05) is 38.6 Å². The Morgan fingerprint density at radius 1 is 1.22 bits per heavy atom. The number of nitrogens with zero attached hydrogens (tertiary/aromatic N) is 2. The van der Waals surface area contributed by atoms with Gasteiger partial charge < -0.3 is 14.7 Å². The van der Waals surface area contributed by atoms with Crippen molar-refractivity contribution in [1.29, 1.82) is 0 Å². The third-order valence-corrected chi connectivity index (χ3v) is 5.52. The monoisotopic (exact) mass is 382 g/mol. The van der Waals surface area contributed by atoms with Gasteiger partial charge in [0.25, 0.3) is 6.47 Å². The number of ether oxygens (including phenoxy) is 1. The van der Waals surface area contributed by atoms with E-state index < -0.39 is 11.6 Å². The molecule has 0 spiro atoms. The van der Waals surface area contributed by atoms with Crippen molar-refractivity contribution in [3.05, 3.63) is 35.4 Å². The van der Waals surface area contributed by atoms with Gasteiger partial charge >= 0.3 is 0 Å². The summed E-state index contributed by atoms with van der Waals surface area (Å²) in [6.45, 7) is 4.07. The third kappa shape index (κ3) is 4.44. The molecule has 1 aromatic rings. The van der Waals surface area contributed by atoms with Crippen LogP contribution in [0.5, 0.6) is 0 Å². The Labute approximate surface area is 156 Å². The lowest BCUT2D eigenvalue weighted by Crippen LogP contribution is -2.38. The lowest BCUT2D eigenvalue weighted by atomic mass is 9.92. The van der Waals surface area contributed by atoms with E-state index in [4.69, 9.17) is 14.6 Å². The molecule has 3 saturated heterocycles. The summed E-state index contributed by atoms with van der Waals surface area (Å²) >= 11 is 0.